The number of thioether (sulfide) groups is 1. The minimum Gasteiger partial charge on any atom is -0.306 e. The number of hydrogen-bond acceptors (Lipinski definition) is 4. The van der Waals surface area contributed by atoms with E-state index in [-0.39, 0.29) is 0 Å². The van der Waals surface area contributed by atoms with Crippen LogP contribution in [0.15, 0.2) is 84.4 Å². The first-order chi connectivity index (χ1) is 12.8. The summed E-state index contributed by atoms with van der Waals surface area (Å²) < 4.78 is 1.96. The molecule has 0 unspecified atom stereocenters. The first kappa shape index (κ1) is 16.8. The first-order valence-corrected chi connectivity index (χ1v) is 9.44. The Morgan fingerprint density at radius 3 is 2.35 bits per heavy atom. The van der Waals surface area contributed by atoms with Gasteiger partial charge in [-0.15, -0.1) is 10.2 Å². The summed E-state index contributed by atoms with van der Waals surface area (Å²) in [5.41, 5.74) is 4.17. The number of benzene rings is 2. The third-order valence-electron chi connectivity index (χ3n) is 3.91. The van der Waals surface area contributed by atoms with Crippen LogP contribution in [0.4, 0.5) is 0 Å². The molecule has 0 aliphatic rings. The summed E-state index contributed by atoms with van der Waals surface area (Å²) in [6.07, 6.45) is 5.46. The molecule has 26 heavy (non-hydrogen) atoms. The monoisotopic (exact) mass is 378 g/mol. The largest absolute Gasteiger partial charge is 0.306 e. The highest BCUT2D eigenvalue weighted by molar-refractivity contribution is 7.98. The molecule has 0 bridgehead atoms. The van der Waals surface area contributed by atoms with Gasteiger partial charge in [-0.05, 0) is 42.0 Å². The Hall–Kier alpha value is -2.63. The zero-order chi connectivity index (χ0) is 17.8. The van der Waals surface area contributed by atoms with Gasteiger partial charge in [0.05, 0.1) is 12.0 Å². The van der Waals surface area contributed by atoms with Crippen molar-refractivity contribution in [2.24, 2.45) is 0 Å². The lowest BCUT2D eigenvalue weighted by Crippen LogP contribution is -1.92. The second-order valence-electron chi connectivity index (χ2n) is 5.69. The Balaban J connectivity index is 1.43. The molecule has 0 fully saturated rings. The van der Waals surface area contributed by atoms with Crippen molar-refractivity contribution in [1.82, 2.24) is 19.7 Å². The quantitative estimate of drug-likeness (QED) is 0.443. The molecule has 4 rings (SSSR count). The van der Waals surface area contributed by atoms with Crippen LogP contribution >= 0.6 is 23.4 Å². The molecule has 0 radical (unpaired) electrons. The summed E-state index contributed by atoms with van der Waals surface area (Å²) in [6.45, 7) is 0. The van der Waals surface area contributed by atoms with Gasteiger partial charge >= 0.3 is 0 Å². The van der Waals surface area contributed by atoms with Crippen LogP contribution in [0.5, 0.6) is 0 Å². The minimum absolute atomic E-state index is 0.752. The maximum Gasteiger partial charge on any atom is 0.119 e. The third kappa shape index (κ3) is 3.95. The van der Waals surface area contributed by atoms with E-state index >= 15 is 0 Å². The Labute approximate surface area is 160 Å². The van der Waals surface area contributed by atoms with Crippen molar-refractivity contribution in [1.29, 1.82) is 0 Å². The molecule has 0 N–H and O–H groups in total. The predicted molar refractivity (Wildman–Crippen MR) is 106 cm³/mol. The zero-order valence-corrected chi connectivity index (χ0v) is 15.4. The average Bonchev–Trinajstić information content (AvgIpc) is 3.23. The normalized spacial score (nSPS) is 10.8. The number of aromatic nitrogens is 4. The SMILES string of the molecule is Clc1ccc(CSc2ccc(-c3ccc(-n4ccnc4)cc3)nn2)cc1. The van der Waals surface area contributed by atoms with Crippen molar-refractivity contribution >= 4 is 23.4 Å². The molecule has 0 saturated heterocycles. The molecule has 0 spiro atoms. The van der Waals surface area contributed by atoms with Crippen LogP contribution in [0.3, 0.4) is 0 Å². The standard InChI is InChI=1S/C20H15ClN4S/c21-17-5-1-15(2-6-17)13-26-20-10-9-19(23-24-20)16-3-7-18(8-4-16)25-12-11-22-14-25/h1-12,14H,13H2. The molecule has 2 aromatic carbocycles. The van der Waals surface area contributed by atoms with Gasteiger partial charge in [-0.2, -0.15) is 0 Å². The summed E-state index contributed by atoms with van der Waals surface area (Å²) in [6, 6.07) is 20.0. The molecule has 0 saturated carbocycles. The smallest absolute Gasteiger partial charge is 0.119 e. The van der Waals surface area contributed by atoms with Gasteiger partial charge in [0.1, 0.15) is 5.03 Å². The Bertz CT molecular complexity index is 966. The van der Waals surface area contributed by atoms with Crippen molar-refractivity contribution in [2.45, 2.75) is 10.8 Å². The fourth-order valence-electron chi connectivity index (χ4n) is 2.51. The summed E-state index contributed by atoms with van der Waals surface area (Å²) in [7, 11) is 0. The fraction of sp³-hybridized carbons (Fsp3) is 0.0500. The molecule has 0 amide bonds. The number of halogens is 1. The summed E-state index contributed by atoms with van der Waals surface area (Å²) in [4.78, 5) is 4.06. The Morgan fingerprint density at radius 1 is 0.885 bits per heavy atom. The van der Waals surface area contributed by atoms with Gasteiger partial charge in [0, 0.05) is 34.4 Å². The van der Waals surface area contributed by atoms with Crippen LogP contribution in [-0.4, -0.2) is 19.7 Å². The van der Waals surface area contributed by atoms with Crippen molar-refractivity contribution < 1.29 is 0 Å². The highest BCUT2D eigenvalue weighted by Crippen LogP contribution is 2.24. The van der Waals surface area contributed by atoms with Gasteiger partial charge in [-0.3, -0.25) is 0 Å². The highest BCUT2D eigenvalue weighted by atomic mass is 35.5. The van der Waals surface area contributed by atoms with Crippen LogP contribution < -0.4 is 0 Å². The molecular weight excluding hydrogens is 364 g/mol. The van der Waals surface area contributed by atoms with Gasteiger partial charge in [-0.25, -0.2) is 4.98 Å². The second-order valence-corrected chi connectivity index (χ2v) is 7.12. The van der Waals surface area contributed by atoms with Gasteiger partial charge in [-0.1, -0.05) is 47.6 Å². The van der Waals surface area contributed by atoms with Crippen molar-refractivity contribution in [3.63, 3.8) is 0 Å². The molecule has 2 aromatic heterocycles. The highest BCUT2D eigenvalue weighted by Gasteiger charge is 2.04. The van der Waals surface area contributed by atoms with Gasteiger partial charge in [0.25, 0.3) is 0 Å². The number of rotatable bonds is 5. The van der Waals surface area contributed by atoms with E-state index in [1.54, 1.807) is 24.3 Å². The molecule has 0 aliphatic heterocycles. The lowest BCUT2D eigenvalue weighted by molar-refractivity contribution is 0.935. The van der Waals surface area contributed by atoms with E-state index in [9.17, 15) is 0 Å². The third-order valence-corrected chi connectivity index (χ3v) is 5.15. The Morgan fingerprint density at radius 2 is 1.69 bits per heavy atom. The summed E-state index contributed by atoms with van der Waals surface area (Å²) in [5, 5.41) is 10.3. The van der Waals surface area contributed by atoms with Crippen molar-refractivity contribution in [3.8, 4) is 16.9 Å². The fourth-order valence-corrected chi connectivity index (χ4v) is 3.40. The van der Waals surface area contributed by atoms with Crippen molar-refractivity contribution in [3.05, 3.63) is 90.0 Å². The maximum atomic E-state index is 5.91. The number of nitrogens with zero attached hydrogens (tertiary/aromatic N) is 4. The minimum atomic E-state index is 0.752. The second kappa shape index (κ2) is 7.72. The Kier molecular flexibility index (Phi) is 5.00. The molecule has 0 aliphatic carbocycles. The predicted octanol–water partition coefficient (Wildman–Crippen LogP) is 5.28. The summed E-state index contributed by atoms with van der Waals surface area (Å²) >= 11 is 7.57. The van der Waals surface area contributed by atoms with Crippen molar-refractivity contribution in [2.75, 3.05) is 0 Å². The molecule has 4 aromatic rings. The zero-order valence-electron chi connectivity index (χ0n) is 13.8. The molecule has 6 heteroatoms. The lowest BCUT2D eigenvalue weighted by Gasteiger charge is -2.05. The number of imidazole rings is 1. The van der Waals surface area contributed by atoms with E-state index in [0.717, 1.165) is 32.7 Å². The van der Waals surface area contributed by atoms with E-state index < -0.39 is 0 Å². The maximum absolute atomic E-state index is 5.91. The molecule has 2 heterocycles. The van der Waals surface area contributed by atoms with E-state index in [1.807, 2.05) is 71.4 Å². The molecule has 128 valence electrons. The van der Waals surface area contributed by atoms with E-state index in [0.29, 0.717) is 0 Å². The topological polar surface area (TPSA) is 43.6 Å². The molecular formula is C20H15ClN4S. The van der Waals surface area contributed by atoms with E-state index in [4.69, 9.17) is 11.6 Å². The van der Waals surface area contributed by atoms with Gasteiger partial charge in [0.15, 0.2) is 0 Å². The molecule has 0 atom stereocenters. The van der Waals surface area contributed by atoms with Gasteiger partial charge < -0.3 is 4.57 Å². The average molecular weight is 379 g/mol. The number of hydrogen-bond donors (Lipinski definition) is 0. The van der Waals surface area contributed by atoms with E-state index in [1.165, 1.54) is 5.56 Å². The van der Waals surface area contributed by atoms with Crippen LogP contribution in [0.2, 0.25) is 5.02 Å². The van der Waals surface area contributed by atoms with Crippen LogP contribution in [-0.2, 0) is 5.75 Å². The van der Waals surface area contributed by atoms with Gasteiger partial charge in [0.2, 0.25) is 0 Å². The lowest BCUT2D eigenvalue weighted by atomic mass is 10.1. The molecule has 4 nitrogen and oxygen atoms in total. The van der Waals surface area contributed by atoms with Crippen LogP contribution in [0, 0.1) is 0 Å². The van der Waals surface area contributed by atoms with E-state index in [2.05, 4.69) is 15.2 Å². The van der Waals surface area contributed by atoms with Crippen LogP contribution in [0.25, 0.3) is 16.9 Å². The first-order valence-electron chi connectivity index (χ1n) is 8.08. The van der Waals surface area contributed by atoms with Crippen LogP contribution in [0.1, 0.15) is 5.56 Å². The summed E-state index contributed by atoms with van der Waals surface area (Å²) in [5.74, 6) is 0.838.